The van der Waals surface area contributed by atoms with Gasteiger partial charge in [-0.05, 0) is 43.4 Å². The van der Waals surface area contributed by atoms with Gasteiger partial charge in [-0.2, -0.15) is 0 Å². The van der Waals surface area contributed by atoms with E-state index in [1.807, 2.05) is 29.2 Å². The molecular weight excluding hydrogens is 342 g/mol. The Morgan fingerprint density at radius 1 is 1.15 bits per heavy atom. The highest BCUT2D eigenvalue weighted by Gasteiger charge is 2.51. The standard InChI is InChI=1S/C22H27NO4/c1-3-4-13-23-19(14-9-11-15(26-2)12-10-14)18-20(24)16-7-5-6-8-17(16)27-21(18)22(23)25/h9-12,16-17,19H,3-8,13H2,1-2H3. The normalized spacial score (nSPS) is 27.3. The molecule has 1 fully saturated rings. The molecule has 0 radical (unpaired) electrons. The van der Waals surface area contributed by atoms with Crippen molar-refractivity contribution in [3.05, 3.63) is 41.2 Å². The van der Waals surface area contributed by atoms with Crippen LogP contribution < -0.4 is 4.74 Å². The Morgan fingerprint density at radius 3 is 2.59 bits per heavy atom. The maximum Gasteiger partial charge on any atom is 0.290 e. The summed E-state index contributed by atoms with van der Waals surface area (Å²) in [5, 5.41) is 0. The minimum Gasteiger partial charge on any atom is -0.497 e. The van der Waals surface area contributed by atoms with E-state index in [1.165, 1.54) is 0 Å². The van der Waals surface area contributed by atoms with Crippen LogP contribution in [-0.4, -0.2) is 36.3 Å². The number of rotatable bonds is 5. The van der Waals surface area contributed by atoms with Crippen LogP contribution in [-0.2, 0) is 14.3 Å². The molecule has 1 saturated carbocycles. The van der Waals surface area contributed by atoms with Crippen molar-refractivity contribution in [1.29, 1.82) is 0 Å². The average Bonchev–Trinajstić information content (AvgIpc) is 2.99. The molecule has 0 aromatic heterocycles. The Hall–Kier alpha value is -2.30. The number of benzene rings is 1. The number of Topliss-reactive ketones (excluding diaryl/α,β-unsaturated/α-hetero) is 1. The van der Waals surface area contributed by atoms with Crippen molar-refractivity contribution >= 4 is 11.7 Å². The number of unbranched alkanes of at least 4 members (excludes halogenated alkanes) is 1. The zero-order valence-electron chi connectivity index (χ0n) is 16.1. The molecule has 1 aromatic carbocycles. The molecule has 1 amide bonds. The van der Waals surface area contributed by atoms with Crippen LogP contribution in [0.25, 0.3) is 0 Å². The fourth-order valence-corrected chi connectivity index (χ4v) is 4.58. The summed E-state index contributed by atoms with van der Waals surface area (Å²) in [6.45, 7) is 2.73. The molecule has 0 N–H and O–H groups in total. The van der Waals surface area contributed by atoms with Crippen molar-refractivity contribution in [3.8, 4) is 5.75 Å². The number of ether oxygens (including phenoxy) is 2. The number of carbonyl (C=O) groups is 2. The Labute approximate surface area is 160 Å². The highest BCUT2D eigenvalue weighted by Crippen LogP contribution is 2.46. The molecule has 0 spiro atoms. The number of hydrogen-bond acceptors (Lipinski definition) is 4. The summed E-state index contributed by atoms with van der Waals surface area (Å²) in [7, 11) is 1.63. The van der Waals surface area contributed by atoms with Gasteiger partial charge in [-0.15, -0.1) is 0 Å². The molecule has 3 atom stereocenters. The zero-order chi connectivity index (χ0) is 19.0. The summed E-state index contributed by atoms with van der Waals surface area (Å²) < 4.78 is 11.4. The predicted octanol–water partition coefficient (Wildman–Crippen LogP) is 3.79. The summed E-state index contributed by atoms with van der Waals surface area (Å²) in [5.41, 5.74) is 1.51. The number of ketones is 1. The van der Waals surface area contributed by atoms with E-state index >= 15 is 0 Å². The molecule has 5 heteroatoms. The van der Waals surface area contributed by atoms with Gasteiger partial charge in [0.15, 0.2) is 11.5 Å². The van der Waals surface area contributed by atoms with Crippen molar-refractivity contribution in [1.82, 2.24) is 4.90 Å². The van der Waals surface area contributed by atoms with E-state index in [0.717, 1.165) is 49.8 Å². The van der Waals surface area contributed by atoms with Crippen molar-refractivity contribution in [3.63, 3.8) is 0 Å². The second-order valence-corrected chi connectivity index (χ2v) is 7.68. The average molecular weight is 369 g/mol. The second-order valence-electron chi connectivity index (χ2n) is 7.68. The number of fused-ring (bicyclic) bond motifs is 1. The van der Waals surface area contributed by atoms with E-state index in [4.69, 9.17) is 9.47 Å². The Kier molecular flexibility index (Phi) is 4.94. The topological polar surface area (TPSA) is 55.8 Å². The van der Waals surface area contributed by atoms with Crippen LogP contribution in [0, 0.1) is 5.92 Å². The second kappa shape index (κ2) is 7.37. The first-order valence-corrected chi connectivity index (χ1v) is 10.1. The molecule has 3 unspecified atom stereocenters. The Balaban J connectivity index is 1.75. The number of amides is 1. The SMILES string of the molecule is CCCCN1C(=O)C2=C(C(=O)C3CCCCC3O2)C1c1ccc(OC)cc1. The molecule has 1 aliphatic carbocycles. The van der Waals surface area contributed by atoms with Crippen molar-refractivity contribution in [2.75, 3.05) is 13.7 Å². The number of carbonyl (C=O) groups excluding carboxylic acids is 2. The van der Waals surface area contributed by atoms with Crippen molar-refractivity contribution in [2.24, 2.45) is 5.92 Å². The first kappa shape index (κ1) is 18.1. The van der Waals surface area contributed by atoms with Crippen LogP contribution in [0.4, 0.5) is 0 Å². The molecule has 2 heterocycles. The van der Waals surface area contributed by atoms with Crippen LogP contribution in [0.3, 0.4) is 0 Å². The lowest BCUT2D eigenvalue weighted by atomic mass is 9.77. The van der Waals surface area contributed by atoms with Gasteiger partial charge >= 0.3 is 0 Å². The minimum atomic E-state index is -0.347. The summed E-state index contributed by atoms with van der Waals surface area (Å²) >= 11 is 0. The summed E-state index contributed by atoms with van der Waals surface area (Å²) in [6.07, 6.45) is 5.61. The molecule has 3 aliphatic rings. The van der Waals surface area contributed by atoms with Crippen LogP contribution >= 0.6 is 0 Å². The maximum atomic E-state index is 13.4. The lowest BCUT2D eigenvalue weighted by Crippen LogP contribution is -2.39. The molecule has 5 nitrogen and oxygen atoms in total. The molecule has 1 aromatic rings. The molecule has 4 rings (SSSR count). The van der Waals surface area contributed by atoms with Gasteiger partial charge in [-0.3, -0.25) is 9.59 Å². The lowest BCUT2D eigenvalue weighted by molar-refractivity contribution is -0.135. The van der Waals surface area contributed by atoms with E-state index in [9.17, 15) is 9.59 Å². The minimum absolute atomic E-state index is 0.0998. The summed E-state index contributed by atoms with van der Waals surface area (Å²) in [6, 6.07) is 7.32. The summed E-state index contributed by atoms with van der Waals surface area (Å²) in [4.78, 5) is 28.3. The molecule has 0 saturated heterocycles. The lowest BCUT2D eigenvalue weighted by Gasteiger charge is -2.35. The van der Waals surface area contributed by atoms with Gasteiger partial charge in [0.05, 0.1) is 24.6 Å². The van der Waals surface area contributed by atoms with Gasteiger partial charge in [-0.25, -0.2) is 0 Å². The van der Waals surface area contributed by atoms with Gasteiger partial charge in [0.1, 0.15) is 11.9 Å². The molecule has 0 bridgehead atoms. The molecule has 27 heavy (non-hydrogen) atoms. The van der Waals surface area contributed by atoms with Gasteiger partial charge < -0.3 is 14.4 Å². The molecule has 144 valence electrons. The zero-order valence-corrected chi connectivity index (χ0v) is 16.1. The first-order valence-electron chi connectivity index (χ1n) is 10.1. The van der Waals surface area contributed by atoms with Crippen molar-refractivity contribution < 1.29 is 19.1 Å². The smallest absolute Gasteiger partial charge is 0.290 e. The van der Waals surface area contributed by atoms with E-state index in [1.54, 1.807) is 7.11 Å². The van der Waals surface area contributed by atoms with Gasteiger partial charge in [0.2, 0.25) is 0 Å². The first-order chi connectivity index (χ1) is 13.2. The largest absolute Gasteiger partial charge is 0.497 e. The third kappa shape index (κ3) is 3.03. The number of methoxy groups -OCH3 is 1. The highest BCUT2D eigenvalue weighted by molar-refractivity contribution is 6.11. The fraction of sp³-hybridized carbons (Fsp3) is 0.545. The fourth-order valence-electron chi connectivity index (χ4n) is 4.58. The van der Waals surface area contributed by atoms with E-state index < -0.39 is 0 Å². The van der Waals surface area contributed by atoms with Crippen LogP contribution in [0.2, 0.25) is 0 Å². The third-order valence-corrected chi connectivity index (χ3v) is 6.04. The van der Waals surface area contributed by atoms with Crippen molar-refractivity contribution in [2.45, 2.75) is 57.6 Å². The highest BCUT2D eigenvalue weighted by atomic mass is 16.5. The Bertz CT molecular complexity index is 767. The quantitative estimate of drug-likeness (QED) is 0.792. The van der Waals surface area contributed by atoms with Crippen LogP contribution in [0.15, 0.2) is 35.6 Å². The van der Waals surface area contributed by atoms with E-state index in [-0.39, 0.29) is 29.8 Å². The summed E-state index contributed by atoms with van der Waals surface area (Å²) in [5.74, 6) is 0.957. The third-order valence-electron chi connectivity index (χ3n) is 6.04. The Morgan fingerprint density at radius 2 is 1.89 bits per heavy atom. The van der Waals surface area contributed by atoms with Crippen LogP contribution in [0.1, 0.15) is 57.1 Å². The van der Waals surface area contributed by atoms with Crippen LogP contribution in [0.5, 0.6) is 5.75 Å². The number of nitrogens with zero attached hydrogens (tertiary/aromatic N) is 1. The van der Waals surface area contributed by atoms with Gasteiger partial charge in [-0.1, -0.05) is 31.9 Å². The van der Waals surface area contributed by atoms with E-state index in [0.29, 0.717) is 17.9 Å². The van der Waals surface area contributed by atoms with Gasteiger partial charge in [0, 0.05) is 6.54 Å². The number of hydrogen-bond donors (Lipinski definition) is 0. The van der Waals surface area contributed by atoms with Gasteiger partial charge in [0.25, 0.3) is 5.91 Å². The van der Waals surface area contributed by atoms with E-state index in [2.05, 4.69) is 6.92 Å². The maximum absolute atomic E-state index is 13.4. The molecule has 2 aliphatic heterocycles. The monoisotopic (exact) mass is 369 g/mol. The molecular formula is C22H27NO4. The predicted molar refractivity (Wildman–Crippen MR) is 101 cm³/mol.